The predicted molar refractivity (Wildman–Crippen MR) is 58.4 cm³/mol. The number of ketones is 2. The molecule has 0 aliphatic carbocycles. The van der Waals surface area contributed by atoms with Crippen LogP contribution in [0.5, 0.6) is 0 Å². The Morgan fingerprint density at radius 1 is 1.29 bits per heavy atom. The van der Waals surface area contributed by atoms with Crippen molar-refractivity contribution in [2.24, 2.45) is 0 Å². The molecule has 0 radical (unpaired) electrons. The van der Waals surface area contributed by atoms with Crippen LogP contribution < -0.4 is 0 Å². The third-order valence-corrected chi connectivity index (χ3v) is 2.84. The van der Waals surface area contributed by atoms with Crippen LogP contribution in [0.15, 0.2) is 30.3 Å². The molecule has 0 aromatic heterocycles. The van der Waals surface area contributed by atoms with Gasteiger partial charge in [-0.05, 0) is 12.5 Å². The summed E-state index contributed by atoms with van der Waals surface area (Å²) < 4.78 is 0. The minimum Gasteiger partial charge on any atom is -0.300 e. The second-order valence-corrected chi connectivity index (χ2v) is 4.03. The standard InChI is InChI=1S/C11H11BrO2/c1-8(13)7-10(14)11(12)9-5-3-2-4-6-9/h2-6,11H,7H2,1H3. The molecule has 0 fully saturated rings. The van der Waals surface area contributed by atoms with Crippen LogP contribution in [0.2, 0.25) is 0 Å². The van der Waals surface area contributed by atoms with Gasteiger partial charge in [-0.2, -0.15) is 0 Å². The van der Waals surface area contributed by atoms with E-state index in [1.165, 1.54) is 6.92 Å². The summed E-state index contributed by atoms with van der Waals surface area (Å²) in [6.45, 7) is 1.42. The third-order valence-electron chi connectivity index (χ3n) is 1.80. The highest BCUT2D eigenvalue weighted by atomic mass is 79.9. The molecule has 1 atom stereocenters. The van der Waals surface area contributed by atoms with Crippen molar-refractivity contribution in [2.45, 2.75) is 18.2 Å². The van der Waals surface area contributed by atoms with Gasteiger partial charge >= 0.3 is 0 Å². The van der Waals surface area contributed by atoms with Gasteiger partial charge in [0.1, 0.15) is 5.78 Å². The summed E-state index contributed by atoms with van der Waals surface area (Å²) in [6, 6.07) is 9.34. The average molecular weight is 255 g/mol. The molecule has 0 spiro atoms. The largest absolute Gasteiger partial charge is 0.300 e. The first-order valence-electron chi connectivity index (χ1n) is 4.32. The Labute approximate surface area is 91.4 Å². The van der Waals surface area contributed by atoms with E-state index in [1.807, 2.05) is 30.3 Å². The van der Waals surface area contributed by atoms with Gasteiger partial charge in [0.2, 0.25) is 0 Å². The molecule has 1 aromatic carbocycles. The van der Waals surface area contributed by atoms with Crippen molar-refractivity contribution in [3.05, 3.63) is 35.9 Å². The number of alkyl halides is 1. The van der Waals surface area contributed by atoms with Crippen LogP contribution in [0.3, 0.4) is 0 Å². The van der Waals surface area contributed by atoms with Crippen molar-refractivity contribution in [1.82, 2.24) is 0 Å². The average Bonchev–Trinajstić information content (AvgIpc) is 2.17. The van der Waals surface area contributed by atoms with Crippen molar-refractivity contribution < 1.29 is 9.59 Å². The number of Topliss-reactive ketones (excluding diaryl/α,β-unsaturated/α-hetero) is 2. The first-order valence-corrected chi connectivity index (χ1v) is 5.24. The van der Waals surface area contributed by atoms with Crippen molar-refractivity contribution >= 4 is 27.5 Å². The Balaban J connectivity index is 2.71. The fraction of sp³-hybridized carbons (Fsp3) is 0.273. The van der Waals surface area contributed by atoms with Gasteiger partial charge in [0.15, 0.2) is 5.78 Å². The highest BCUT2D eigenvalue weighted by Crippen LogP contribution is 2.24. The maximum atomic E-state index is 11.5. The minimum absolute atomic E-state index is 0.00912. The van der Waals surface area contributed by atoms with Crippen molar-refractivity contribution in [1.29, 1.82) is 0 Å². The fourth-order valence-electron chi connectivity index (χ4n) is 1.14. The number of benzene rings is 1. The summed E-state index contributed by atoms with van der Waals surface area (Å²) in [7, 11) is 0. The van der Waals surface area contributed by atoms with E-state index in [2.05, 4.69) is 15.9 Å². The lowest BCUT2D eigenvalue weighted by Gasteiger charge is -2.07. The molecule has 1 aromatic rings. The Kier molecular flexibility index (Phi) is 4.01. The Morgan fingerprint density at radius 2 is 1.86 bits per heavy atom. The zero-order chi connectivity index (χ0) is 10.6. The zero-order valence-corrected chi connectivity index (χ0v) is 9.45. The normalized spacial score (nSPS) is 12.1. The number of rotatable bonds is 4. The Hall–Kier alpha value is -0.960. The molecule has 0 saturated carbocycles. The van der Waals surface area contributed by atoms with Gasteiger partial charge in [0.25, 0.3) is 0 Å². The molecule has 0 aliphatic heterocycles. The molecule has 3 heteroatoms. The van der Waals surface area contributed by atoms with Crippen LogP contribution in [0.25, 0.3) is 0 Å². The number of hydrogen-bond acceptors (Lipinski definition) is 2. The molecular weight excluding hydrogens is 244 g/mol. The number of carbonyl (C=O) groups is 2. The van der Waals surface area contributed by atoms with Crippen LogP contribution in [0.4, 0.5) is 0 Å². The van der Waals surface area contributed by atoms with E-state index in [4.69, 9.17) is 0 Å². The van der Waals surface area contributed by atoms with Gasteiger partial charge in [-0.1, -0.05) is 46.3 Å². The zero-order valence-electron chi connectivity index (χ0n) is 7.87. The fourth-order valence-corrected chi connectivity index (χ4v) is 1.61. The van der Waals surface area contributed by atoms with Crippen molar-refractivity contribution in [3.63, 3.8) is 0 Å². The summed E-state index contributed by atoms with van der Waals surface area (Å²) in [5, 5.41) is 0. The molecule has 1 rings (SSSR count). The van der Waals surface area contributed by atoms with Crippen LogP contribution in [-0.2, 0) is 9.59 Å². The smallest absolute Gasteiger partial charge is 0.158 e. The molecule has 0 heterocycles. The van der Waals surface area contributed by atoms with E-state index in [-0.39, 0.29) is 22.8 Å². The van der Waals surface area contributed by atoms with E-state index in [9.17, 15) is 9.59 Å². The molecule has 14 heavy (non-hydrogen) atoms. The summed E-state index contributed by atoms with van der Waals surface area (Å²) in [5.41, 5.74) is 0.888. The predicted octanol–water partition coefficient (Wildman–Crippen LogP) is 2.67. The highest BCUT2D eigenvalue weighted by molar-refractivity contribution is 9.09. The molecule has 0 N–H and O–H groups in total. The maximum Gasteiger partial charge on any atom is 0.158 e. The molecule has 2 nitrogen and oxygen atoms in total. The van der Waals surface area contributed by atoms with Crippen molar-refractivity contribution in [2.75, 3.05) is 0 Å². The minimum atomic E-state index is -0.368. The third kappa shape index (κ3) is 3.07. The van der Waals surface area contributed by atoms with Gasteiger partial charge in [0, 0.05) is 0 Å². The lowest BCUT2D eigenvalue weighted by Crippen LogP contribution is -2.10. The first kappa shape index (κ1) is 11.1. The molecule has 0 saturated heterocycles. The van der Waals surface area contributed by atoms with Crippen LogP contribution in [-0.4, -0.2) is 11.6 Å². The molecule has 74 valence electrons. The van der Waals surface area contributed by atoms with E-state index in [0.29, 0.717) is 0 Å². The van der Waals surface area contributed by atoms with Crippen LogP contribution >= 0.6 is 15.9 Å². The van der Waals surface area contributed by atoms with Crippen molar-refractivity contribution in [3.8, 4) is 0 Å². The van der Waals surface area contributed by atoms with Gasteiger partial charge < -0.3 is 0 Å². The van der Waals surface area contributed by atoms with E-state index < -0.39 is 0 Å². The first-order chi connectivity index (χ1) is 6.61. The van der Waals surface area contributed by atoms with E-state index in [0.717, 1.165) is 5.56 Å². The lowest BCUT2D eigenvalue weighted by molar-refractivity contribution is -0.125. The molecule has 0 aliphatic rings. The van der Waals surface area contributed by atoms with Gasteiger partial charge in [-0.25, -0.2) is 0 Å². The molecule has 1 unspecified atom stereocenters. The van der Waals surface area contributed by atoms with Gasteiger partial charge in [-0.15, -0.1) is 0 Å². The molecule has 0 bridgehead atoms. The lowest BCUT2D eigenvalue weighted by atomic mass is 10.1. The summed E-state index contributed by atoms with van der Waals surface area (Å²) in [6.07, 6.45) is -0.00912. The monoisotopic (exact) mass is 254 g/mol. The second-order valence-electron chi connectivity index (χ2n) is 3.12. The summed E-state index contributed by atoms with van der Waals surface area (Å²) >= 11 is 3.28. The van der Waals surface area contributed by atoms with Gasteiger partial charge in [-0.3, -0.25) is 9.59 Å². The topological polar surface area (TPSA) is 34.1 Å². The number of carbonyl (C=O) groups excluding carboxylic acids is 2. The maximum absolute atomic E-state index is 11.5. The summed E-state index contributed by atoms with van der Waals surface area (Å²) in [4.78, 5) is 21.9. The Bertz CT molecular complexity index is 332. The molecular formula is C11H11BrO2. The van der Waals surface area contributed by atoms with Gasteiger partial charge in [0.05, 0.1) is 11.2 Å². The van der Waals surface area contributed by atoms with E-state index >= 15 is 0 Å². The SMILES string of the molecule is CC(=O)CC(=O)C(Br)c1ccccc1. The number of halogens is 1. The second kappa shape index (κ2) is 5.05. The van der Waals surface area contributed by atoms with Crippen LogP contribution in [0, 0.1) is 0 Å². The van der Waals surface area contributed by atoms with Crippen LogP contribution in [0.1, 0.15) is 23.7 Å². The Morgan fingerprint density at radius 3 is 2.36 bits per heavy atom. The highest BCUT2D eigenvalue weighted by Gasteiger charge is 2.17. The molecule has 0 amide bonds. The van der Waals surface area contributed by atoms with E-state index in [1.54, 1.807) is 0 Å². The quantitative estimate of drug-likeness (QED) is 0.612. The number of hydrogen-bond donors (Lipinski definition) is 0. The summed E-state index contributed by atoms with van der Waals surface area (Å²) in [5.74, 6) is -0.195.